The molecule has 0 unspecified atom stereocenters. The zero-order valence-corrected chi connectivity index (χ0v) is 11.3. The number of aromatic nitrogens is 2. The molecule has 0 aliphatic carbocycles. The molecule has 1 aromatic rings. The Kier molecular flexibility index (Phi) is 5.55. The van der Waals surface area contributed by atoms with Crippen LogP contribution in [0.2, 0.25) is 0 Å². The standard InChI is InChI=1S/C13H21N3O2/c1-4-5-8-16-12(17)7-6-11(15-16)13(18)14-9-10(2)3/h6-7,10H,4-5,8-9H2,1-3H3,(H,14,18). The minimum Gasteiger partial charge on any atom is -0.350 e. The van der Waals surface area contributed by atoms with Gasteiger partial charge in [-0.2, -0.15) is 5.10 Å². The quantitative estimate of drug-likeness (QED) is 0.831. The van der Waals surface area contributed by atoms with Gasteiger partial charge in [-0.25, -0.2) is 4.68 Å². The van der Waals surface area contributed by atoms with E-state index in [1.54, 1.807) is 0 Å². The molecule has 1 N–H and O–H groups in total. The van der Waals surface area contributed by atoms with Gasteiger partial charge >= 0.3 is 0 Å². The molecule has 18 heavy (non-hydrogen) atoms. The Morgan fingerprint density at radius 2 is 2.17 bits per heavy atom. The Bertz CT molecular complexity index is 452. The zero-order valence-electron chi connectivity index (χ0n) is 11.3. The Morgan fingerprint density at radius 1 is 1.44 bits per heavy atom. The Hall–Kier alpha value is -1.65. The van der Waals surface area contributed by atoms with Crippen LogP contribution in [0.5, 0.6) is 0 Å². The molecule has 0 bridgehead atoms. The van der Waals surface area contributed by atoms with Crippen LogP contribution in [0.1, 0.15) is 44.1 Å². The molecule has 1 heterocycles. The minimum absolute atomic E-state index is 0.163. The van der Waals surface area contributed by atoms with Gasteiger partial charge in [0.1, 0.15) is 5.69 Å². The Labute approximate surface area is 107 Å². The number of carbonyl (C=O) groups is 1. The van der Waals surface area contributed by atoms with Gasteiger partial charge in [-0.3, -0.25) is 9.59 Å². The van der Waals surface area contributed by atoms with Crippen molar-refractivity contribution in [3.8, 4) is 0 Å². The van der Waals surface area contributed by atoms with Gasteiger partial charge in [0, 0.05) is 19.2 Å². The highest BCUT2D eigenvalue weighted by atomic mass is 16.2. The van der Waals surface area contributed by atoms with Crippen LogP contribution < -0.4 is 10.9 Å². The van der Waals surface area contributed by atoms with Crippen LogP contribution in [-0.2, 0) is 6.54 Å². The number of hydrogen-bond acceptors (Lipinski definition) is 3. The first-order valence-corrected chi connectivity index (χ1v) is 6.41. The molecule has 0 atom stereocenters. The molecule has 1 rings (SSSR count). The fourth-order valence-electron chi connectivity index (χ4n) is 1.43. The lowest BCUT2D eigenvalue weighted by Gasteiger charge is -2.08. The van der Waals surface area contributed by atoms with Crippen LogP contribution in [0.4, 0.5) is 0 Å². The van der Waals surface area contributed by atoms with Crippen molar-refractivity contribution in [3.63, 3.8) is 0 Å². The number of aryl methyl sites for hydroxylation is 1. The largest absolute Gasteiger partial charge is 0.350 e. The molecule has 0 saturated carbocycles. The molecular formula is C13H21N3O2. The molecule has 0 saturated heterocycles. The van der Waals surface area contributed by atoms with Gasteiger partial charge in [0.2, 0.25) is 0 Å². The highest BCUT2D eigenvalue weighted by Gasteiger charge is 2.09. The SMILES string of the molecule is CCCCn1nc(C(=O)NCC(C)C)ccc1=O. The van der Waals surface area contributed by atoms with Crippen LogP contribution in [-0.4, -0.2) is 22.2 Å². The van der Waals surface area contributed by atoms with E-state index < -0.39 is 0 Å². The second kappa shape index (κ2) is 6.93. The molecule has 1 amide bonds. The van der Waals surface area contributed by atoms with E-state index >= 15 is 0 Å². The highest BCUT2D eigenvalue weighted by molar-refractivity contribution is 5.91. The van der Waals surface area contributed by atoms with E-state index in [4.69, 9.17) is 0 Å². The van der Waals surface area contributed by atoms with Crippen molar-refractivity contribution < 1.29 is 4.79 Å². The molecule has 5 heteroatoms. The molecule has 1 aromatic heterocycles. The molecule has 0 radical (unpaired) electrons. The monoisotopic (exact) mass is 251 g/mol. The topological polar surface area (TPSA) is 64.0 Å². The van der Waals surface area contributed by atoms with Crippen LogP contribution in [0.25, 0.3) is 0 Å². The van der Waals surface area contributed by atoms with Gasteiger partial charge < -0.3 is 5.32 Å². The van der Waals surface area contributed by atoms with Crippen molar-refractivity contribution >= 4 is 5.91 Å². The summed E-state index contributed by atoms with van der Waals surface area (Å²) in [5.41, 5.74) is 0.134. The van der Waals surface area contributed by atoms with Crippen LogP contribution >= 0.6 is 0 Å². The van der Waals surface area contributed by atoms with E-state index in [0.717, 1.165) is 12.8 Å². The van der Waals surface area contributed by atoms with Crippen molar-refractivity contribution in [3.05, 3.63) is 28.2 Å². The first kappa shape index (κ1) is 14.4. The lowest BCUT2D eigenvalue weighted by Crippen LogP contribution is -2.31. The maximum atomic E-state index is 11.8. The summed E-state index contributed by atoms with van der Waals surface area (Å²) in [5, 5.41) is 6.86. The molecule has 0 fully saturated rings. The lowest BCUT2D eigenvalue weighted by molar-refractivity contribution is 0.0941. The van der Waals surface area contributed by atoms with Crippen molar-refractivity contribution in [1.29, 1.82) is 0 Å². The van der Waals surface area contributed by atoms with Gasteiger partial charge in [0.25, 0.3) is 11.5 Å². The fraction of sp³-hybridized carbons (Fsp3) is 0.615. The third-order valence-corrected chi connectivity index (χ3v) is 2.49. The van der Waals surface area contributed by atoms with Gasteiger partial charge in [0.15, 0.2) is 0 Å². The van der Waals surface area contributed by atoms with E-state index in [1.165, 1.54) is 16.8 Å². The van der Waals surface area contributed by atoms with Crippen LogP contribution in [0.15, 0.2) is 16.9 Å². The molecule has 0 aliphatic heterocycles. The number of carbonyl (C=O) groups excluding carboxylic acids is 1. The first-order valence-electron chi connectivity index (χ1n) is 6.41. The molecule has 0 spiro atoms. The normalized spacial score (nSPS) is 10.7. The zero-order chi connectivity index (χ0) is 13.5. The molecule has 0 aromatic carbocycles. The second-order valence-corrected chi connectivity index (χ2v) is 4.74. The van der Waals surface area contributed by atoms with Crippen molar-refractivity contribution in [2.24, 2.45) is 5.92 Å². The summed E-state index contributed by atoms with van der Waals surface area (Å²) >= 11 is 0. The average molecular weight is 251 g/mol. The van der Waals surface area contributed by atoms with Gasteiger partial charge in [-0.1, -0.05) is 27.2 Å². The molecule has 0 aliphatic rings. The summed E-state index contributed by atoms with van der Waals surface area (Å²) < 4.78 is 1.35. The third kappa shape index (κ3) is 4.31. The molecular weight excluding hydrogens is 230 g/mol. The summed E-state index contributed by atoms with van der Waals surface area (Å²) in [6.07, 6.45) is 1.86. The maximum absolute atomic E-state index is 11.8. The van der Waals surface area contributed by atoms with E-state index in [2.05, 4.69) is 10.4 Å². The lowest BCUT2D eigenvalue weighted by atomic mass is 10.2. The van der Waals surface area contributed by atoms with Crippen LogP contribution in [0.3, 0.4) is 0 Å². The first-order chi connectivity index (χ1) is 8.54. The highest BCUT2D eigenvalue weighted by Crippen LogP contribution is 1.95. The minimum atomic E-state index is -0.228. The number of nitrogens with zero attached hydrogens (tertiary/aromatic N) is 2. The summed E-state index contributed by atoms with van der Waals surface area (Å²) in [6.45, 7) is 7.26. The summed E-state index contributed by atoms with van der Waals surface area (Å²) in [5.74, 6) is 0.161. The number of nitrogens with one attached hydrogen (secondary N) is 1. The van der Waals surface area contributed by atoms with E-state index in [1.807, 2.05) is 20.8 Å². The van der Waals surface area contributed by atoms with E-state index in [0.29, 0.717) is 24.7 Å². The Balaban J connectivity index is 2.77. The predicted octanol–water partition coefficient (Wildman–Crippen LogP) is 1.43. The molecule has 100 valence electrons. The average Bonchev–Trinajstić information content (AvgIpc) is 2.35. The number of amides is 1. The smallest absolute Gasteiger partial charge is 0.271 e. The van der Waals surface area contributed by atoms with E-state index in [-0.39, 0.29) is 11.5 Å². The third-order valence-electron chi connectivity index (χ3n) is 2.49. The summed E-state index contributed by atoms with van der Waals surface area (Å²) in [4.78, 5) is 23.3. The van der Waals surface area contributed by atoms with Gasteiger partial charge in [-0.05, 0) is 18.4 Å². The van der Waals surface area contributed by atoms with Gasteiger partial charge in [0.05, 0.1) is 0 Å². The second-order valence-electron chi connectivity index (χ2n) is 4.74. The van der Waals surface area contributed by atoms with Crippen molar-refractivity contribution in [1.82, 2.24) is 15.1 Å². The van der Waals surface area contributed by atoms with Crippen molar-refractivity contribution in [2.75, 3.05) is 6.54 Å². The fourth-order valence-corrected chi connectivity index (χ4v) is 1.43. The predicted molar refractivity (Wildman–Crippen MR) is 70.6 cm³/mol. The molecule has 5 nitrogen and oxygen atoms in total. The Morgan fingerprint density at radius 3 is 2.78 bits per heavy atom. The maximum Gasteiger partial charge on any atom is 0.271 e. The summed E-state index contributed by atoms with van der Waals surface area (Å²) in [7, 11) is 0. The summed E-state index contributed by atoms with van der Waals surface area (Å²) in [6, 6.07) is 2.87. The number of hydrogen-bond donors (Lipinski definition) is 1. The van der Waals surface area contributed by atoms with Crippen molar-refractivity contribution in [2.45, 2.75) is 40.2 Å². The van der Waals surface area contributed by atoms with Crippen LogP contribution in [0, 0.1) is 5.92 Å². The number of rotatable bonds is 6. The van der Waals surface area contributed by atoms with E-state index in [9.17, 15) is 9.59 Å². The number of unbranched alkanes of at least 4 members (excludes halogenated alkanes) is 1. The van der Waals surface area contributed by atoms with Gasteiger partial charge in [-0.15, -0.1) is 0 Å².